The molecule has 2 saturated heterocycles. The van der Waals surface area contributed by atoms with E-state index in [9.17, 15) is 0 Å². The Kier molecular flexibility index (Phi) is 2.91. The molecule has 1 N–H and O–H groups in total. The molecule has 0 spiro atoms. The number of nitrogens with one attached hydrogen (secondary N) is 1. The van der Waals surface area contributed by atoms with E-state index in [1.165, 1.54) is 5.56 Å². The van der Waals surface area contributed by atoms with Crippen LogP contribution in [0.15, 0.2) is 30.3 Å². The number of rotatable bonds is 2. The Morgan fingerprint density at radius 1 is 1.25 bits per heavy atom. The third-order valence-corrected chi connectivity index (χ3v) is 3.43. The topological polar surface area (TPSA) is 24.5 Å². The Bertz CT molecular complexity index is 327. The molecule has 3 rings (SSSR count). The number of nitrogens with zero attached hydrogens (tertiary/aromatic N) is 1. The van der Waals surface area contributed by atoms with Gasteiger partial charge in [0.25, 0.3) is 0 Å². The first-order valence-corrected chi connectivity index (χ1v) is 6.03. The number of hydrogen-bond donors (Lipinski definition) is 1. The van der Waals surface area contributed by atoms with Gasteiger partial charge < -0.3 is 10.1 Å². The first kappa shape index (κ1) is 10.3. The molecular weight excluding hydrogens is 200 g/mol. The second-order valence-corrected chi connectivity index (χ2v) is 4.65. The van der Waals surface area contributed by atoms with Crippen LogP contribution in [-0.4, -0.2) is 43.3 Å². The van der Waals surface area contributed by atoms with Crippen molar-refractivity contribution < 1.29 is 4.74 Å². The van der Waals surface area contributed by atoms with E-state index in [1.807, 2.05) is 0 Å². The van der Waals surface area contributed by atoms with E-state index in [4.69, 9.17) is 4.74 Å². The molecule has 0 aromatic heterocycles. The van der Waals surface area contributed by atoms with E-state index in [1.54, 1.807) is 0 Å². The van der Waals surface area contributed by atoms with Gasteiger partial charge >= 0.3 is 0 Å². The van der Waals surface area contributed by atoms with Gasteiger partial charge in [-0.05, 0) is 5.56 Å². The number of morpholine rings is 1. The lowest BCUT2D eigenvalue weighted by molar-refractivity contribution is 0.0175. The summed E-state index contributed by atoms with van der Waals surface area (Å²) in [4.78, 5) is 2.48. The SMILES string of the molecule is c1ccc(CN2C[C@@H]3NCCO[C@H]3C2)cc1. The largest absolute Gasteiger partial charge is 0.374 e. The van der Waals surface area contributed by atoms with Crippen LogP contribution in [0.25, 0.3) is 0 Å². The van der Waals surface area contributed by atoms with Gasteiger partial charge in [0.05, 0.1) is 12.7 Å². The summed E-state index contributed by atoms with van der Waals surface area (Å²) < 4.78 is 5.77. The van der Waals surface area contributed by atoms with E-state index >= 15 is 0 Å². The highest BCUT2D eigenvalue weighted by atomic mass is 16.5. The Morgan fingerprint density at radius 2 is 2.12 bits per heavy atom. The van der Waals surface area contributed by atoms with Crippen LogP contribution < -0.4 is 5.32 Å². The van der Waals surface area contributed by atoms with E-state index < -0.39 is 0 Å². The van der Waals surface area contributed by atoms with Crippen LogP contribution in [0.3, 0.4) is 0 Å². The summed E-state index contributed by atoms with van der Waals surface area (Å²) in [5.74, 6) is 0. The molecule has 1 aromatic rings. The van der Waals surface area contributed by atoms with Crippen LogP contribution in [0.5, 0.6) is 0 Å². The zero-order valence-corrected chi connectivity index (χ0v) is 9.43. The smallest absolute Gasteiger partial charge is 0.0867 e. The Morgan fingerprint density at radius 3 is 2.94 bits per heavy atom. The molecule has 0 bridgehead atoms. The summed E-state index contributed by atoms with van der Waals surface area (Å²) in [6, 6.07) is 11.2. The minimum Gasteiger partial charge on any atom is -0.374 e. The standard InChI is InChI=1S/C13H18N2O/c1-2-4-11(5-3-1)8-15-9-12-13(10-15)16-7-6-14-12/h1-5,12-14H,6-10H2/t12-,13-/m0/s1. The quantitative estimate of drug-likeness (QED) is 0.797. The second kappa shape index (κ2) is 4.53. The van der Waals surface area contributed by atoms with Crippen LogP contribution in [0.2, 0.25) is 0 Å². The minimum absolute atomic E-state index is 0.400. The van der Waals surface area contributed by atoms with E-state index in [0.29, 0.717) is 12.1 Å². The van der Waals surface area contributed by atoms with Gasteiger partial charge in [-0.15, -0.1) is 0 Å². The monoisotopic (exact) mass is 218 g/mol. The van der Waals surface area contributed by atoms with E-state index in [-0.39, 0.29) is 0 Å². The third-order valence-electron chi connectivity index (χ3n) is 3.43. The first-order chi connectivity index (χ1) is 7.92. The zero-order chi connectivity index (χ0) is 10.8. The van der Waals surface area contributed by atoms with Crippen molar-refractivity contribution >= 4 is 0 Å². The molecule has 0 saturated carbocycles. The van der Waals surface area contributed by atoms with Crippen molar-refractivity contribution in [2.24, 2.45) is 0 Å². The van der Waals surface area contributed by atoms with Crippen LogP contribution in [0, 0.1) is 0 Å². The molecule has 2 aliphatic heterocycles. The third kappa shape index (κ3) is 2.12. The first-order valence-electron chi connectivity index (χ1n) is 6.03. The summed E-state index contributed by atoms with van der Waals surface area (Å²) in [5.41, 5.74) is 1.39. The maximum Gasteiger partial charge on any atom is 0.0867 e. The normalized spacial score (nSPS) is 30.2. The van der Waals surface area contributed by atoms with Crippen molar-refractivity contribution in [3.8, 4) is 0 Å². The number of likely N-dealkylation sites (tertiary alicyclic amines) is 1. The van der Waals surface area contributed by atoms with Crippen LogP contribution >= 0.6 is 0 Å². The molecule has 2 aliphatic rings. The number of ether oxygens (including phenoxy) is 1. The van der Waals surface area contributed by atoms with Crippen molar-refractivity contribution in [2.75, 3.05) is 26.2 Å². The predicted molar refractivity (Wildman–Crippen MR) is 63.2 cm³/mol. The molecule has 2 atom stereocenters. The lowest BCUT2D eigenvalue weighted by Gasteiger charge is -2.25. The van der Waals surface area contributed by atoms with Crippen LogP contribution in [0.4, 0.5) is 0 Å². The highest BCUT2D eigenvalue weighted by Crippen LogP contribution is 2.18. The maximum atomic E-state index is 5.77. The minimum atomic E-state index is 0.400. The Balaban J connectivity index is 1.61. The summed E-state index contributed by atoms with van der Waals surface area (Å²) >= 11 is 0. The summed E-state index contributed by atoms with van der Waals surface area (Å²) in [6.07, 6.45) is 0.400. The van der Waals surface area contributed by atoms with Gasteiger partial charge in [-0.1, -0.05) is 30.3 Å². The molecule has 0 unspecified atom stereocenters. The Labute approximate surface area is 96.4 Å². The van der Waals surface area contributed by atoms with Gasteiger partial charge in [0, 0.05) is 32.2 Å². The molecule has 16 heavy (non-hydrogen) atoms. The summed E-state index contributed by atoms with van der Waals surface area (Å²) in [7, 11) is 0. The molecule has 2 heterocycles. The predicted octanol–water partition coefficient (Wildman–Crippen LogP) is 0.859. The average Bonchev–Trinajstić information content (AvgIpc) is 2.72. The lowest BCUT2D eigenvalue weighted by atomic mass is 10.2. The molecular formula is C13H18N2O. The zero-order valence-electron chi connectivity index (χ0n) is 9.43. The number of fused-ring (bicyclic) bond motifs is 1. The molecule has 2 fully saturated rings. The molecule has 0 radical (unpaired) electrons. The number of benzene rings is 1. The highest BCUT2D eigenvalue weighted by Gasteiger charge is 2.34. The number of hydrogen-bond acceptors (Lipinski definition) is 3. The van der Waals surface area contributed by atoms with Gasteiger partial charge in [0.2, 0.25) is 0 Å². The average molecular weight is 218 g/mol. The fourth-order valence-corrected chi connectivity index (χ4v) is 2.64. The van der Waals surface area contributed by atoms with E-state index in [2.05, 4.69) is 40.5 Å². The van der Waals surface area contributed by atoms with Gasteiger partial charge in [-0.2, -0.15) is 0 Å². The lowest BCUT2D eigenvalue weighted by Crippen LogP contribution is -2.47. The molecule has 86 valence electrons. The van der Waals surface area contributed by atoms with Crippen molar-refractivity contribution in [1.82, 2.24) is 10.2 Å². The summed E-state index contributed by atoms with van der Waals surface area (Å²) in [6.45, 7) is 5.08. The van der Waals surface area contributed by atoms with Crippen molar-refractivity contribution in [3.63, 3.8) is 0 Å². The molecule has 1 aromatic carbocycles. The van der Waals surface area contributed by atoms with Crippen LogP contribution in [0.1, 0.15) is 5.56 Å². The molecule has 0 amide bonds. The van der Waals surface area contributed by atoms with E-state index in [0.717, 1.165) is 32.8 Å². The van der Waals surface area contributed by atoms with Crippen molar-refractivity contribution in [2.45, 2.75) is 18.7 Å². The van der Waals surface area contributed by atoms with Gasteiger partial charge in [-0.25, -0.2) is 0 Å². The fourth-order valence-electron chi connectivity index (χ4n) is 2.64. The molecule has 3 nitrogen and oxygen atoms in total. The van der Waals surface area contributed by atoms with Crippen molar-refractivity contribution in [1.29, 1.82) is 0 Å². The van der Waals surface area contributed by atoms with Gasteiger partial charge in [0.15, 0.2) is 0 Å². The summed E-state index contributed by atoms with van der Waals surface area (Å²) in [5, 5.41) is 3.53. The van der Waals surface area contributed by atoms with Gasteiger partial charge in [-0.3, -0.25) is 4.90 Å². The second-order valence-electron chi connectivity index (χ2n) is 4.65. The van der Waals surface area contributed by atoms with Crippen LogP contribution in [-0.2, 0) is 11.3 Å². The maximum absolute atomic E-state index is 5.77. The molecule has 3 heteroatoms. The van der Waals surface area contributed by atoms with Crippen molar-refractivity contribution in [3.05, 3.63) is 35.9 Å². The molecule has 0 aliphatic carbocycles. The highest BCUT2D eigenvalue weighted by molar-refractivity contribution is 5.15. The fraction of sp³-hybridized carbons (Fsp3) is 0.538. The Hall–Kier alpha value is -0.900. The van der Waals surface area contributed by atoms with Gasteiger partial charge in [0.1, 0.15) is 0 Å².